The number of fused-ring (bicyclic) bond motifs is 3. The van der Waals surface area contributed by atoms with Gasteiger partial charge in [0.25, 0.3) is 5.91 Å². The highest BCUT2D eigenvalue weighted by Crippen LogP contribution is 2.57. The molecule has 2 aliphatic heterocycles. The summed E-state index contributed by atoms with van der Waals surface area (Å²) in [5, 5.41) is 14.4. The standard InChI is InChI=1S/C29H35F2N5O3/c1-16-17(2)22(4-3-20(16)30)34-9-10-35(29(15-34)6-7-29)25(38)14-36-23-12-18-11-19(18)26(23)27(32-36)28(39)33-8-5-24(37)21(31)13-33/h3-4,18-19,21,24,37H,5-15H2,1-2H3/t18-,19-,21-,24-/m1/s1. The van der Waals surface area contributed by atoms with Gasteiger partial charge in [0.15, 0.2) is 5.69 Å². The van der Waals surface area contributed by atoms with E-state index in [2.05, 4.69) is 10.00 Å². The molecular weight excluding hydrogens is 504 g/mol. The number of likely N-dealkylation sites (tertiary alicyclic amines) is 1. The number of hydrogen-bond donors (Lipinski definition) is 1. The first-order valence-corrected chi connectivity index (χ1v) is 14.2. The van der Waals surface area contributed by atoms with E-state index in [9.17, 15) is 23.5 Å². The molecule has 4 atom stereocenters. The number of aromatic nitrogens is 2. The molecule has 2 saturated heterocycles. The molecule has 1 N–H and O–H groups in total. The number of carbonyl (C=O) groups excluding carboxylic acids is 2. The molecule has 2 amide bonds. The van der Waals surface area contributed by atoms with Crippen molar-refractivity contribution in [2.45, 2.75) is 76.2 Å². The molecule has 0 bridgehead atoms. The molecule has 4 fully saturated rings. The number of halogens is 2. The summed E-state index contributed by atoms with van der Waals surface area (Å²) in [6.45, 7) is 6.00. The zero-order valence-electron chi connectivity index (χ0n) is 22.5. The number of benzene rings is 1. The van der Waals surface area contributed by atoms with E-state index in [1.807, 2.05) is 17.9 Å². The molecule has 1 aromatic carbocycles. The Morgan fingerprint density at radius 2 is 1.95 bits per heavy atom. The molecule has 1 aromatic heterocycles. The fraction of sp³-hybridized carbons (Fsp3) is 0.621. The van der Waals surface area contributed by atoms with Gasteiger partial charge in [-0.25, -0.2) is 8.78 Å². The molecule has 2 aromatic rings. The molecular formula is C29H35F2N5O3. The Morgan fingerprint density at radius 1 is 1.15 bits per heavy atom. The van der Waals surface area contributed by atoms with Gasteiger partial charge in [0.2, 0.25) is 5.91 Å². The van der Waals surface area contributed by atoms with Gasteiger partial charge in [0, 0.05) is 43.1 Å². The second-order valence-electron chi connectivity index (χ2n) is 12.3. The average molecular weight is 540 g/mol. The van der Waals surface area contributed by atoms with Crippen molar-refractivity contribution in [2.24, 2.45) is 5.92 Å². The Morgan fingerprint density at radius 3 is 2.69 bits per heavy atom. The molecule has 10 heteroatoms. The Labute approximate surface area is 226 Å². The van der Waals surface area contributed by atoms with Gasteiger partial charge >= 0.3 is 0 Å². The molecule has 0 unspecified atom stereocenters. The van der Waals surface area contributed by atoms with E-state index in [4.69, 9.17) is 0 Å². The lowest BCUT2D eigenvalue weighted by Crippen LogP contribution is -2.58. The third kappa shape index (κ3) is 3.97. The number of rotatable bonds is 4. The molecule has 0 radical (unpaired) electrons. The highest BCUT2D eigenvalue weighted by molar-refractivity contribution is 5.95. The Balaban J connectivity index is 1.10. The Kier molecular flexibility index (Phi) is 5.60. The predicted octanol–water partition coefficient (Wildman–Crippen LogP) is 2.72. The number of alkyl halides is 1. The number of hydrogen-bond acceptors (Lipinski definition) is 5. The molecule has 208 valence electrons. The zero-order valence-corrected chi connectivity index (χ0v) is 22.5. The predicted molar refractivity (Wildman–Crippen MR) is 140 cm³/mol. The monoisotopic (exact) mass is 539 g/mol. The number of piperazine rings is 1. The highest BCUT2D eigenvalue weighted by atomic mass is 19.1. The number of amides is 2. The van der Waals surface area contributed by atoms with Crippen LogP contribution in [0.4, 0.5) is 14.5 Å². The maximum atomic E-state index is 14.2. The summed E-state index contributed by atoms with van der Waals surface area (Å²) in [7, 11) is 0. The van der Waals surface area contributed by atoms with Crippen LogP contribution in [0, 0.1) is 25.6 Å². The van der Waals surface area contributed by atoms with Crippen LogP contribution in [0.1, 0.15) is 64.5 Å². The minimum absolute atomic E-state index is 0.00829. The van der Waals surface area contributed by atoms with Crippen LogP contribution in [-0.2, 0) is 17.8 Å². The highest BCUT2D eigenvalue weighted by Gasteiger charge is 2.54. The zero-order chi connectivity index (χ0) is 27.2. The van der Waals surface area contributed by atoms with Crippen LogP contribution in [0.25, 0.3) is 0 Å². The van der Waals surface area contributed by atoms with Crippen molar-refractivity contribution in [2.75, 3.05) is 37.6 Å². The SMILES string of the molecule is Cc1c(F)ccc(N2CCN(C(=O)Cn3nc(C(=O)N4CC[C@@H](O)[C@H](F)C4)c4c3C[C@H]3C[C@@H]43)C3(CC3)C2)c1C. The van der Waals surface area contributed by atoms with Crippen LogP contribution < -0.4 is 4.90 Å². The van der Waals surface area contributed by atoms with Gasteiger partial charge < -0.3 is 19.8 Å². The normalized spacial score (nSPS) is 28.5. The maximum absolute atomic E-state index is 14.2. The van der Waals surface area contributed by atoms with E-state index in [1.165, 1.54) is 11.0 Å². The van der Waals surface area contributed by atoms with E-state index < -0.39 is 12.3 Å². The number of aliphatic hydroxyl groups is 1. The lowest BCUT2D eigenvalue weighted by Gasteiger charge is -2.44. The lowest BCUT2D eigenvalue weighted by atomic mass is 10.0. The van der Waals surface area contributed by atoms with Gasteiger partial charge in [0.1, 0.15) is 18.5 Å². The van der Waals surface area contributed by atoms with Gasteiger partial charge in [-0.15, -0.1) is 0 Å². The van der Waals surface area contributed by atoms with Gasteiger partial charge in [-0.1, -0.05) is 0 Å². The molecule has 2 saturated carbocycles. The summed E-state index contributed by atoms with van der Waals surface area (Å²) in [6, 6.07) is 3.37. The van der Waals surface area contributed by atoms with Crippen molar-refractivity contribution in [3.63, 3.8) is 0 Å². The third-order valence-electron chi connectivity index (χ3n) is 9.94. The van der Waals surface area contributed by atoms with E-state index in [0.29, 0.717) is 42.7 Å². The Hall–Kier alpha value is -3.01. The second kappa shape index (κ2) is 8.74. The topological polar surface area (TPSA) is 81.9 Å². The first kappa shape index (κ1) is 25.0. The van der Waals surface area contributed by atoms with Crippen LogP contribution in [-0.4, -0.2) is 87.0 Å². The molecule has 39 heavy (non-hydrogen) atoms. The molecule has 3 heterocycles. The third-order valence-corrected chi connectivity index (χ3v) is 9.94. The van der Waals surface area contributed by atoms with Gasteiger partial charge in [-0.05, 0) is 81.0 Å². The molecule has 1 spiro atoms. The van der Waals surface area contributed by atoms with E-state index in [-0.39, 0.29) is 42.7 Å². The first-order valence-electron chi connectivity index (χ1n) is 14.2. The van der Waals surface area contributed by atoms with Crippen LogP contribution >= 0.6 is 0 Å². The smallest absolute Gasteiger partial charge is 0.274 e. The number of carbonyl (C=O) groups is 2. The molecule has 8 nitrogen and oxygen atoms in total. The minimum atomic E-state index is -1.45. The number of nitrogens with zero attached hydrogens (tertiary/aromatic N) is 5. The number of anilines is 1. The summed E-state index contributed by atoms with van der Waals surface area (Å²) in [4.78, 5) is 32.9. The summed E-state index contributed by atoms with van der Waals surface area (Å²) in [5.41, 5.74) is 4.70. The molecule has 3 aliphatic carbocycles. The maximum Gasteiger partial charge on any atom is 0.274 e. The van der Waals surface area contributed by atoms with E-state index in [0.717, 1.165) is 54.7 Å². The number of aliphatic hydroxyl groups excluding tert-OH is 1. The van der Waals surface area contributed by atoms with Crippen molar-refractivity contribution in [1.82, 2.24) is 19.6 Å². The van der Waals surface area contributed by atoms with Crippen LogP contribution in [0.15, 0.2) is 12.1 Å². The minimum Gasteiger partial charge on any atom is -0.390 e. The van der Waals surface area contributed by atoms with Gasteiger partial charge in [-0.3, -0.25) is 14.3 Å². The summed E-state index contributed by atoms with van der Waals surface area (Å²) < 4.78 is 30.0. The summed E-state index contributed by atoms with van der Waals surface area (Å²) >= 11 is 0. The van der Waals surface area contributed by atoms with Crippen molar-refractivity contribution in [3.8, 4) is 0 Å². The van der Waals surface area contributed by atoms with Crippen molar-refractivity contribution < 1.29 is 23.5 Å². The summed E-state index contributed by atoms with van der Waals surface area (Å²) in [6.07, 6.45) is 1.45. The fourth-order valence-electron chi connectivity index (χ4n) is 7.18. The van der Waals surface area contributed by atoms with Crippen molar-refractivity contribution >= 4 is 17.5 Å². The Bertz CT molecular complexity index is 1370. The van der Waals surface area contributed by atoms with Crippen molar-refractivity contribution in [3.05, 3.63) is 46.0 Å². The van der Waals surface area contributed by atoms with E-state index >= 15 is 0 Å². The van der Waals surface area contributed by atoms with Gasteiger partial charge in [-0.2, -0.15) is 5.10 Å². The molecule has 5 aliphatic rings. The molecule has 7 rings (SSSR count). The first-order chi connectivity index (χ1) is 18.7. The largest absolute Gasteiger partial charge is 0.390 e. The van der Waals surface area contributed by atoms with Gasteiger partial charge in [0.05, 0.1) is 18.2 Å². The van der Waals surface area contributed by atoms with Crippen LogP contribution in [0.2, 0.25) is 0 Å². The second-order valence-corrected chi connectivity index (χ2v) is 12.3. The fourth-order valence-corrected chi connectivity index (χ4v) is 7.18. The number of piperidine rings is 1. The quantitative estimate of drug-likeness (QED) is 0.647. The van der Waals surface area contributed by atoms with Crippen LogP contribution in [0.5, 0.6) is 0 Å². The van der Waals surface area contributed by atoms with E-state index in [1.54, 1.807) is 11.6 Å². The van der Waals surface area contributed by atoms with Crippen molar-refractivity contribution in [1.29, 1.82) is 0 Å². The lowest BCUT2D eigenvalue weighted by molar-refractivity contribution is -0.135. The summed E-state index contributed by atoms with van der Waals surface area (Å²) in [5.74, 6) is 0.324. The van der Waals surface area contributed by atoms with Crippen LogP contribution in [0.3, 0.4) is 0 Å². The average Bonchev–Trinajstić information content (AvgIpc) is 3.80.